The Morgan fingerprint density at radius 1 is 0.254 bits per heavy atom. The molecule has 0 unspecified atom stereocenters. The fourth-order valence-corrected chi connectivity index (χ4v) is 8.41. The van der Waals surface area contributed by atoms with Gasteiger partial charge < -0.3 is 4.57 Å². The molecule has 59 heavy (non-hydrogen) atoms. The van der Waals surface area contributed by atoms with Crippen LogP contribution in [0.4, 0.5) is 0 Å². The maximum Gasteiger partial charge on any atom is 0.0973 e. The molecule has 0 N–H and O–H groups in total. The van der Waals surface area contributed by atoms with Crippen molar-refractivity contribution in [1.82, 2.24) is 14.5 Å². The summed E-state index contributed by atoms with van der Waals surface area (Å²) in [5.74, 6) is 0. The Bertz CT molecular complexity index is 3170. The van der Waals surface area contributed by atoms with Crippen LogP contribution in [-0.2, 0) is 0 Å². The molecule has 9 aromatic carbocycles. The van der Waals surface area contributed by atoms with Gasteiger partial charge in [0.25, 0.3) is 0 Å². The zero-order valence-electron chi connectivity index (χ0n) is 32.2. The highest BCUT2D eigenvalue weighted by molar-refractivity contribution is 6.12. The molecule has 276 valence electrons. The van der Waals surface area contributed by atoms with Gasteiger partial charge in [-0.1, -0.05) is 182 Å². The predicted molar refractivity (Wildman–Crippen MR) is 246 cm³/mol. The van der Waals surface area contributed by atoms with Gasteiger partial charge in [0.1, 0.15) is 0 Å². The molecule has 0 aliphatic rings. The minimum absolute atomic E-state index is 0.839. The van der Waals surface area contributed by atoms with Crippen molar-refractivity contribution in [2.45, 2.75) is 0 Å². The molecule has 0 bridgehead atoms. The van der Waals surface area contributed by atoms with E-state index in [9.17, 15) is 0 Å². The normalized spacial score (nSPS) is 11.4. The van der Waals surface area contributed by atoms with E-state index in [4.69, 9.17) is 9.97 Å². The van der Waals surface area contributed by atoms with Crippen molar-refractivity contribution in [3.8, 4) is 72.7 Å². The summed E-state index contributed by atoms with van der Waals surface area (Å²) in [5.41, 5.74) is 18.2. The molecule has 0 amide bonds. The highest BCUT2D eigenvalue weighted by atomic mass is 15.0. The van der Waals surface area contributed by atoms with Crippen LogP contribution in [-0.4, -0.2) is 14.5 Å². The van der Waals surface area contributed by atoms with Crippen molar-refractivity contribution >= 4 is 32.8 Å². The van der Waals surface area contributed by atoms with Gasteiger partial charge in [0.05, 0.1) is 33.5 Å². The summed E-state index contributed by atoms with van der Waals surface area (Å²) in [6.45, 7) is 0. The Morgan fingerprint density at radius 2 is 0.593 bits per heavy atom. The molecule has 0 saturated heterocycles. The molecule has 0 saturated carbocycles. The molecule has 11 aromatic rings. The van der Waals surface area contributed by atoms with Gasteiger partial charge in [-0.15, -0.1) is 0 Å². The van der Waals surface area contributed by atoms with Crippen LogP contribution in [0.25, 0.3) is 106 Å². The van der Waals surface area contributed by atoms with Gasteiger partial charge in [-0.3, -0.25) is 0 Å². The Labute approximate surface area is 343 Å². The van der Waals surface area contributed by atoms with Crippen LogP contribution in [0.3, 0.4) is 0 Å². The molecule has 0 fully saturated rings. The SMILES string of the molecule is c1ccc(-c2ccc(-c3nc4ccc(-n5c6ccc(-c7ccccc7)cc6c6cc(-c7ccccc7)ccc65)cc4nc3-c3ccc(-c4ccccc4)cc3)cc2)cc1. The first-order valence-corrected chi connectivity index (χ1v) is 20.1. The zero-order chi connectivity index (χ0) is 39.1. The second kappa shape index (κ2) is 14.6. The fraction of sp³-hybridized carbons (Fsp3) is 0. The lowest BCUT2D eigenvalue weighted by Crippen LogP contribution is -1.98. The van der Waals surface area contributed by atoms with Crippen molar-refractivity contribution in [3.05, 3.63) is 224 Å². The largest absolute Gasteiger partial charge is 0.309 e. The maximum atomic E-state index is 5.47. The quantitative estimate of drug-likeness (QED) is 0.162. The van der Waals surface area contributed by atoms with Crippen LogP contribution in [0.5, 0.6) is 0 Å². The van der Waals surface area contributed by atoms with Crippen LogP contribution in [0.1, 0.15) is 0 Å². The number of rotatable bonds is 7. The van der Waals surface area contributed by atoms with E-state index in [1.165, 1.54) is 49.7 Å². The first-order valence-electron chi connectivity index (χ1n) is 20.1. The van der Waals surface area contributed by atoms with E-state index < -0.39 is 0 Å². The Balaban J connectivity index is 1.08. The van der Waals surface area contributed by atoms with Crippen molar-refractivity contribution in [2.24, 2.45) is 0 Å². The first kappa shape index (κ1) is 34.4. The van der Waals surface area contributed by atoms with Gasteiger partial charge in [-0.05, 0) is 87.0 Å². The minimum Gasteiger partial charge on any atom is -0.309 e. The van der Waals surface area contributed by atoms with Crippen LogP contribution < -0.4 is 0 Å². The van der Waals surface area contributed by atoms with Gasteiger partial charge in [0.2, 0.25) is 0 Å². The second-order valence-corrected chi connectivity index (χ2v) is 15.0. The van der Waals surface area contributed by atoms with Crippen molar-refractivity contribution in [2.75, 3.05) is 0 Å². The maximum absolute atomic E-state index is 5.47. The van der Waals surface area contributed by atoms with E-state index in [1.807, 2.05) is 6.07 Å². The number of benzene rings is 9. The van der Waals surface area contributed by atoms with Gasteiger partial charge in [-0.25, -0.2) is 9.97 Å². The average molecular weight is 752 g/mol. The molecule has 0 radical (unpaired) electrons. The Morgan fingerprint density at radius 3 is 1.02 bits per heavy atom. The van der Waals surface area contributed by atoms with Crippen molar-refractivity contribution < 1.29 is 0 Å². The summed E-state index contributed by atoms with van der Waals surface area (Å²) in [5, 5.41) is 2.41. The molecule has 0 aliphatic carbocycles. The number of aromatic nitrogens is 3. The summed E-state index contributed by atoms with van der Waals surface area (Å²) in [6, 6.07) is 79.8. The van der Waals surface area contributed by atoms with Crippen LogP contribution >= 0.6 is 0 Å². The first-order chi connectivity index (χ1) is 29.2. The molecule has 0 aliphatic heterocycles. The Hall–Kier alpha value is -7.88. The molecule has 0 spiro atoms. The highest BCUT2D eigenvalue weighted by Crippen LogP contribution is 2.39. The van der Waals surface area contributed by atoms with E-state index in [2.05, 4.69) is 223 Å². The third kappa shape index (κ3) is 6.36. The number of hydrogen-bond donors (Lipinski definition) is 0. The zero-order valence-corrected chi connectivity index (χ0v) is 32.2. The molecule has 0 atom stereocenters. The number of hydrogen-bond acceptors (Lipinski definition) is 2. The standard InChI is InChI=1S/C56H37N3/c1-5-13-38(14-6-1)42-21-25-44(26-22-42)55-56(45-27-23-43(24-28-45)39-15-7-2-8-16-39)58-52-37-48(31-32-51(52)57-55)59-53-33-29-46(40-17-9-3-10-18-40)35-49(53)50-36-47(30-34-54(50)59)41-19-11-4-12-20-41/h1-37H. The lowest BCUT2D eigenvalue weighted by Gasteiger charge is -2.14. The molecular weight excluding hydrogens is 715 g/mol. The summed E-state index contributed by atoms with van der Waals surface area (Å²) < 4.78 is 2.37. The van der Waals surface area contributed by atoms with Gasteiger partial charge >= 0.3 is 0 Å². The van der Waals surface area contributed by atoms with Crippen molar-refractivity contribution in [1.29, 1.82) is 0 Å². The van der Waals surface area contributed by atoms with E-state index in [0.717, 1.165) is 55.8 Å². The average Bonchev–Trinajstić information content (AvgIpc) is 3.65. The molecule has 11 rings (SSSR count). The van der Waals surface area contributed by atoms with Crippen LogP contribution in [0, 0.1) is 0 Å². The van der Waals surface area contributed by atoms with E-state index in [-0.39, 0.29) is 0 Å². The van der Waals surface area contributed by atoms with E-state index >= 15 is 0 Å². The number of fused-ring (bicyclic) bond motifs is 4. The van der Waals surface area contributed by atoms with Crippen LogP contribution in [0.2, 0.25) is 0 Å². The summed E-state index contributed by atoms with van der Waals surface area (Å²) in [4.78, 5) is 10.8. The fourth-order valence-electron chi connectivity index (χ4n) is 8.41. The van der Waals surface area contributed by atoms with E-state index in [0.29, 0.717) is 0 Å². The lowest BCUT2D eigenvalue weighted by atomic mass is 9.98. The third-order valence-corrected chi connectivity index (χ3v) is 11.4. The summed E-state index contributed by atoms with van der Waals surface area (Å²) >= 11 is 0. The smallest absolute Gasteiger partial charge is 0.0973 e. The van der Waals surface area contributed by atoms with E-state index in [1.54, 1.807) is 0 Å². The predicted octanol–water partition coefficient (Wildman–Crippen LogP) is 14.7. The van der Waals surface area contributed by atoms with Crippen LogP contribution in [0.15, 0.2) is 224 Å². The minimum atomic E-state index is 0.839. The van der Waals surface area contributed by atoms with Gasteiger partial charge in [0.15, 0.2) is 0 Å². The summed E-state index contributed by atoms with van der Waals surface area (Å²) in [6.07, 6.45) is 0. The second-order valence-electron chi connectivity index (χ2n) is 15.0. The molecule has 2 aromatic heterocycles. The van der Waals surface area contributed by atoms with Crippen molar-refractivity contribution in [3.63, 3.8) is 0 Å². The monoisotopic (exact) mass is 751 g/mol. The molecule has 3 nitrogen and oxygen atoms in total. The lowest BCUT2D eigenvalue weighted by molar-refractivity contribution is 1.18. The van der Waals surface area contributed by atoms with Gasteiger partial charge in [0, 0.05) is 27.6 Å². The third-order valence-electron chi connectivity index (χ3n) is 11.4. The highest BCUT2D eigenvalue weighted by Gasteiger charge is 2.18. The topological polar surface area (TPSA) is 30.7 Å². The summed E-state index contributed by atoms with van der Waals surface area (Å²) in [7, 11) is 0. The Kier molecular flexibility index (Phi) is 8.49. The van der Waals surface area contributed by atoms with Gasteiger partial charge in [-0.2, -0.15) is 0 Å². The molecular formula is C56H37N3. The number of nitrogens with zero attached hydrogens (tertiary/aromatic N) is 3. The molecule has 3 heteroatoms. The molecule has 2 heterocycles.